The minimum Gasteiger partial charge on any atom is -0.378 e. The summed E-state index contributed by atoms with van der Waals surface area (Å²) in [7, 11) is 3.83. The molecule has 0 saturated heterocycles. The van der Waals surface area contributed by atoms with Crippen molar-refractivity contribution in [1.29, 1.82) is 0 Å². The molecule has 3 nitrogen and oxygen atoms in total. The monoisotopic (exact) mass is 300 g/mol. The number of carbonyl (C=O) groups excluding carboxylic acids is 1. The number of hydrogen-bond donors (Lipinski definition) is 1. The topological polar surface area (TPSA) is 32.3 Å². The Bertz CT molecular complexity index is 681. The van der Waals surface area contributed by atoms with E-state index < -0.39 is 0 Å². The molecule has 0 aromatic heterocycles. The summed E-state index contributed by atoms with van der Waals surface area (Å²) in [6, 6.07) is 12.1. The second-order valence-corrected chi connectivity index (χ2v) is 5.79. The summed E-state index contributed by atoms with van der Waals surface area (Å²) < 4.78 is 14.0. The van der Waals surface area contributed by atoms with E-state index >= 15 is 0 Å². The van der Waals surface area contributed by atoms with Gasteiger partial charge in [-0.25, -0.2) is 4.39 Å². The van der Waals surface area contributed by atoms with Gasteiger partial charge < -0.3 is 10.2 Å². The number of nitrogens with zero attached hydrogens (tertiary/aromatic N) is 1. The third kappa shape index (κ3) is 3.64. The number of rotatable bonds is 4. The van der Waals surface area contributed by atoms with E-state index in [1.807, 2.05) is 45.0 Å². The van der Waals surface area contributed by atoms with Crippen LogP contribution >= 0.6 is 0 Å². The van der Waals surface area contributed by atoms with Crippen LogP contribution in [0, 0.1) is 5.82 Å². The van der Waals surface area contributed by atoms with Crippen LogP contribution in [-0.2, 0) is 0 Å². The molecule has 0 unspecified atom stereocenters. The highest BCUT2D eigenvalue weighted by atomic mass is 19.1. The molecule has 116 valence electrons. The Morgan fingerprint density at radius 2 is 1.86 bits per heavy atom. The molecule has 0 radical (unpaired) electrons. The lowest BCUT2D eigenvalue weighted by Gasteiger charge is -2.14. The van der Waals surface area contributed by atoms with Crippen molar-refractivity contribution >= 4 is 17.3 Å². The second-order valence-electron chi connectivity index (χ2n) is 5.79. The molecule has 22 heavy (non-hydrogen) atoms. The first-order chi connectivity index (χ1) is 10.4. The van der Waals surface area contributed by atoms with Gasteiger partial charge in [-0.15, -0.1) is 0 Å². The Balaban J connectivity index is 2.18. The van der Waals surface area contributed by atoms with Crippen LogP contribution in [0.1, 0.15) is 35.7 Å². The normalized spacial score (nSPS) is 10.6. The first kappa shape index (κ1) is 16.0. The molecule has 0 aliphatic rings. The zero-order chi connectivity index (χ0) is 16.3. The number of halogens is 1. The fourth-order valence-corrected chi connectivity index (χ4v) is 2.20. The molecule has 1 N–H and O–H groups in total. The van der Waals surface area contributed by atoms with Crippen LogP contribution < -0.4 is 10.2 Å². The van der Waals surface area contributed by atoms with Crippen molar-refractivity contribution < 1.29 is 9.18 Å². The highest BCUT2D eigenvalue weighted by Gasteiger charge is 2.11. The molecule has 0 aliphatic carbocycles. The van der Waals surface area contributed by atoms with Gasteiger partial charge in [0.05, 0.1) is 0 Å². The summed E-state index contributed by atoms with van der Waals surface area (Å²) in [5.74, 6) is -0.434. The molecule has 0 aliphatic heterocycles. The number of hydrogen-bond acceptors (Lipinski definition) is 2. The van der Waals surface area contributed by atoms with Gasteiger partial charge in [-0.05, 0) is 41.8 Å². The number of anilines is 2. The number of nitrogens with one attached hydrogen (secondary N) is 1. The highest BCUT2D eigenvalue weighted by molar-refractivity contribution is 6.04. The quantitative estimate of drug-likeness (QED) is 0.914. The molecule has 2 aromatic rings. The average molecular weight is 300 g/mol. The minimum atomic E-state index is -0.296. The standard InChI is InChI=1S/C18H21FN2O/c1-12(2)16-9-8-14(11-17(16)19)20-18(22)13-6-5-7-15(10-13)21(3)4/h5-12H,1-4H3,(H,20,22). The van der Waals surface area contributed by atoms with Crippen LogP contribution in [0.25, 0.3) is 0 Å². The van der Waals surface area contributed by atoms with Gasteiger partial charge in [0.15, 0.2) is 0 Å². The first-order valence-electron chi connectivity index (χ1n) is 7.26. The second kappa shape index (κ2) is 6.60. The van der Waals surface area contributed by atoms with Crippen molar-refractivity contribution in [2.45, 2.75) is 19.8 Å². The fourth-order valence-electron chi connectivity index (χ4n) is 2.20. The molecular formula is C18H21FN2O. The van der Waals surface area contributed by atoms with E-state index in [2.05, 4.69) is 5.32 Å². The van der Waals surface area contributed by atoms with Gasteiger partial charge in [-0.3, -0.25) is 4.79 Å². The van der Waals surface area contributed by atoms with Crippen LogP contribution in [0.3, 0.4) is 0 Å². The number of carbonyl (C=O) groups is 1. The van der Waals surface area contributed by atoms with Crippen molar-refractivity contribution in [2.24, 2.45) is 0 Å². The SMILES string of the molecule is CC(C)c1ccc(NC(=O)c2cccc(N(C)C)c2)cc1F. The molecule has 1 amide bonds. The maximum absolute atomic E-state index is 14.0. The Morgan fingerprint density at radius 3 is 2.45 bits per heavy atom. The Kier molecular flexibility index (Phi) is 4.81. The summed E-state index contributed by atoms with van der Waals surface area (Å²) in [5.41, 5.74) is 2.59. The van der Waals surface area contributed by atoms with E-state index in [1.54, 1.807) is 24.3 Å². The van der Waals surface area contributed by atoms with E-state index in [0.29, 0.717) is 16.8 Å². The molecule has 0 atom stereocenters. The zero-order valence-corrected chi connectivity index (χ0v) is 13.4. The molecule has 0 spiro atoms. The Morgan fingerprint density at radius 1 is 1.14 bits per heavy atom. The summed E-state index contributed by atoms with van der Waals surface area (Å²) in [4.78, 5) is 14.2. The van der Waals surface area contributed by atoms with Crippen molar-refractivity contribution in [3.8, 4) is 0 Å². The third-order valence-electron chi connectivity index (χ3n) is 3.51. The zero-order valence-electron chi connectivity index (χ0n) is 13.4. The van der Waals surface area contributed by atoms with Crippen LogP contribution in [0.15, 0.2) is 42.5 Å². The van der Waals surface area contributed by atoms with Gasteiger partial charge in [0.1, 0.15) is 5.82 Å². The van der Waals surface area contributed by atoms with E-state index in [1.165, 1.54) is 6.07 Å². The average Bonchev–Trinajstić information content (AvgIpc) is 2.47. The predicted octanol–water partition coefficient (Wildman–Crippen LogP) is 4.27. The predicted molar refractivity (Wildman–Crippen MR) is 89.2 cm³/mol. The highest BCUT2D eigenvalue weighted by Crippen LogP contribution is 2.22. The van der Waals surface area contributed by atoms with Crippen LogP contribution in [0.5, 0.6) is 0 Å². The largest absolute Gasteiger partial charge is 0.378 e. The van der Waals surface area contributed by atoms with E-state index in [9.17, 15) is 9.18 Å². The number of amides is 1. The Labute approximate surface area is 130 Å². The van der Waals surface area contributed by atoms with Gasteiger partial charge in [0.25, 0.3) is 5.91 Å². The van der Waals surface area contributed by atoms with Crippen LogP contribution in [0.2, 0.25) is 0 Å². The maximum atomic E-state index is 14.0. The van der Waals surface area contributed by atoms with Crippen molar-refractivity contribution in [1.82, 2.24) is 0 Å². The molecule has 0 saturated carbocycles. The number of benzene rings is 2. The lowest BCUT2D eigenvalue weighted by molar-refractivity contribution is 0.102. The smallest absolute Gasteiger partial charge is 0.255 e. The molecule has 0 heterocycles. The molecule has 2 rings (SSSR count). The maximum Gasteiger partial charge on any atom is 0.255 e. The van der Waals surface area contributed by atoms with Gasteiger partial charge in [-0.1, -0.05) is 26.0 Å². The lowest BCUT2D eigenvalue weighted by atomic mass is 10.0. The molecule has 4 heteroatoms. The first-order valence-corrected chi connectivity index (χ1v) is 7.26. The summed E-state index contributed by atoms with van der Waals surface area (Å²) in [5, 5.41) is 2.73. The molecule has 2 aromatic carbocycles. The lowest BCUT2D eigenvalue weighted by Crippen LogP contribution is -2.14. The van der Waals surface area contributed by atoms with E-state index in [4.69, 9.17) is 0 Å². The van der Waals surface area contributed by atoms with Gasteiger partial charge in [0.2, 0.25) is 0 Å². The van der Waals surface area contributed by atoms with Crippen LogP contribution in [-0.4, -0.2) is 20.0 Å². The van der Waals surface area contributed by atoms with Gasteiger partial charge in [-0.2, -0.15) is 0 Å². The molecule has 0 bridgehead atoms. The summed E-state index contributed by atoms with van der Waals surface area (Å²) in [6.45, 7) is 3.87. The Hall–Kier alpha value is -2.36. The van der Waals surface area contributed by atoms with E-state index in [-0.39, 0.29) is 17.6 Å². The summed E-state index contributed by atoms with van der Waals surface area (Å²) in [6.07, 6.45) is 0. The third-order valence-corrected chi connectivity index (χ3v) is 3.51. The van der Waals surface area contributed by atoms with Crippen LogP contribution in [0.4, 0.5) is 15.8 Å². The fraction of sp³-hybridized carbons (Fsp3) is 0.278. The van der Waals surface area contributed by atoms with Gasteiger partial charge in [0, 0.05) is 31.0 Å². The molecule has 0 fully saturated rings. The molecular weight excluding hydrogens is 279 g/mol. The van der Waals surface area contributed by atoms with Gasteiger partial charge >= 0.3 is 0 Å². The van der Waals surface area contributed by atoms with Crippen molar-refractivity contribution in [3.05, 3.63) is 59.4 Å². The van der Waals surface area contributed by atoms with Crippen molar-refractivity contribution in [2.75, 3.05) is 24.3 Å². The van der Waals surface area contributed by atoms with Crippen molar-refractivity contribution in [3.63, 3.8) is 0 Å². The summed E-state index contributed by atoms with van der Waals surface area (Å²) >= 11 is 0. The van der Waals surface area contributed by atoms with E-state index in [0.717, 1.165) is 5.69 Å². The minimum absolute atomic E-state index is 0.113.